The quantitative estimate of drug-likeness (QED) is 0.408. The molecule has 0 saturated carbocycles. The molecule has 10 heteroatoms. The first-order valence-corrected chi connectivity index (χ1v) is 9.19. The van der Waals surface area contributed by atoms with E-state index in [4.69, 9.17) is 10.2 Å². The normalized spacial score (nSPS) is 10.5. The summed E-state index contributed by atoms with van der Waals surface area (Å²) >= 11 is 0. The molecule has 0 aliphatic carbocycles. The van der Waals surface area contributed by atoms with Crippen molar-refractivity contribution in [1.82, 2.24) is 15.0 Å². The van der Waals surface area contributed by atoms with Crippen molar-refractivity contribution >= 4 is 29.8 Å². The third-order valence-corrected chi connectivity index (χ3v) is 3.85. The van der Waals surface area contributed by atoms with Gasteiger partial charge in [-0.25, -0.2) is 0 Å². The van der Waals surface area contributed by atoms with Crippen LogP contribution in [0, 0.1) is 0 Å². The van der Waals surface area contributed by atoms with Crippen LogP contribution in [0.4, 0.5) is 17.8 Å². The third-order valence-electron chi connectivity index (χ3n) is 3.85. The van der Waals surface area contributed by atoms with Crippen LogP contribution >= 0.6 is 0 Å². The molecule has 1 aromatic heterocycles. The lowest BCUT2D eigenvalue weighted by Crippen LogP contribution is -2.30. The summed E-state index contributed by atoms with van der Waals surface area (Å²) in [5, 5.41) is 21.0. The van der Waals surface area contributed by atoms with E-state index in [1.54, 1.807) is 14.1 Å². The Kier molecular flexibility index (Phi) is 9.84. The zero-order valence-electron chi connectivity index (χ0n) is 16.3. The summed E-state index contributed by atoms with van der Waals surface area (Å²) in [5.74, 6) is -1.38. The molecule has 0 fully saturated rings. The number of likely N-dealkylation sites (N-methyl/N-ethyl adjacent to an activating group) is 2. The summed E-state index contributed by atoms with van der Waals surface area (Å²) < 4.78 is 0. The second-order valence-corrected chi connectivity index (χ2v) is 6.45. The topological polar surface area (TPSA) is 132 Å². The number of nitrogens with zero attached hydrogens (tertiary/aromatic N) is 5. The molecule has 0 aliphatic rings. The predicted molar refractivity (Wildman–Crippen MR) is 104 cm³/mol. The molecule has 0 radical (unpaired) electrons. The van der Waals surface area contributed by atoms with E-state index < -0.39 is 11.9 Å². The van der Waals surface area contributed by atoms with Gasteiger partial charge in [0.2, 0.25) is 17.8 Å². The van der Waals surface area contributed by atoms with Crippen LogP contribution < -0.4 is 15.1 Å². The zero-order chi connectivity index (χ0) is 20.2. The van der Waals surface area contributed by atoms with E-state index in [-0.39, 0.29) is 25.0 Å². The molecule has 1 rings (SSSR count). The molecule has 0 aromatic carbocycles. The number of hydrogen-bond acceptors (Lipinski definition) is 8. The second kappa shape index (κ2) is 11.9. The Balaban J connectivity index is 2.78. The smallest absolute Gasteiger partial charge is 0.323 e. The van der Waals surface area contributed by atoms with Gasteiger partial charge in [-0.15, -0.1) is 0 Å². The lowest BCUT2D eigenvalue weighted by Gasteiger charge is -2.20. The summed E-state index contributed by atoms with van der Waals surface area (Å²) in [6.07, 6.45) is 6.95. The summed E-state index contributed by atoms with van der Waals surface area (Å²) in [6, 6.07) is 0. The lowest BCUT2D eigenvalue weighted by molar-refractivity contribution is -0.136. The number of carbonyl (C=O) groups is 2. The number of rotatable bonds is 14. The lowest BCUT2D eigenvalue weighted by atomic mass is 10.1. The predicted octanol–water partition coefficient (Wildman–Crippen LogP) is 1.69. The fraction of sp³-hybridized carbons (Fsp3) is 0.706. The Morgan fingerprint density at radius 1 is 0.852 bits per heavy atom. The maximum Gasteiger partial charge on any atom is 0.323 e. The molecule has 0 amide bonds. The zero-order valence-corrected chi connectivity index (χ0v) is 16.3. The average Bonchev–Trinajstić information content (AvgIpc) is 2.59. The van der Waals surface area contributed by atoms with Crippen molar-refractivity contribution in [2.75, 3.05) is 48.8 Å². The first-order chi connectivity index (χ1) is 12.8. The van der Waals surface area contributed by atoms with Crippen LogP contribution in [0.1, 0.15) is 45.4 Å². The van der Waals surface area contributed by atoms with E-state index in [0.717, 1.165) is 12.8 Å². The van der Waals surface area contributed by atoms with Gasteiger partial charge in [-0.3, -0.25) is 9.59 Å². The molecule has 0 atom stereocenters. The van der Waals surface area contributed by atoms with Gasteiger partial charge in [0.25, 0.3) is 0 Å². The number of aromatic nitrogens is 3. The molecule has 10 nitrogen and oxygen atoms in total. The van der Waals surface area contributed by atoms with Gasteiger partial charge in [0.15, 0.2) is 0 Å². The molecule has 1 aromatic rings. The molecule has 0 spiro atoms. The van der Waals surface area contributed by atoms with Crippen molar-refractivity contribution < 1.29 is 19.8 Å². The van der Waals surface area contributed by atoms with Gasteiger partial charge in [-0.1, -0.05) is 39.0 Å². The maximum absolute atomic E-state index is 10.9. The SMILES string of the molecule is CCCCCCCCNc1nc(N(C)CC(=O)O)nc(N(C)CC(=O)O)n1. The first kappa shape index (κ1) is 22.4. The molecule has 27 heavy (non-hydrogen) atoms. The highest BCUT2D eigenvalue weighted by Crippen LogP contribution is 2.15. The Hall–Kier alpha value is -2.65. The number of carboxylic acid groups (broad SMARTS) is 2. The Morgan fingerprint density at radius 2 is 1.33 bits per heavy atom. The van der Waals surface area contributed by atoms with Crippen LogP contribution in [0.15, 0.2) is 0 Å². The highest BCUT2D eigenvalue weighted by atomic mass is 16.4. The van der Waals surface area contributed by atoms with Gasteiger partial charge in [-0.2, -0.15) is 15.0 Å². The molecule has 0 unspecified atom stereocenters. The Bertz CT molecular complexity index is 573. The van der Waals surface area contributed by atoms with Crippen LogP contribution in [-0.2, 0) is 9.59 Å². The standard InChI is InChI=1S/C17H30N6O4/c1-4-5-6-7-8-9-10-18-15-19-16(22(2)11-13(24)25)21-17(20-15)23(3)12-14(26)27/h4-12H2,1-3H3,(H,24,25)(H,26,27)(H,18,19,20,21). The number of unbranched alkanes of at least 4 members (excludes halogenated alkanes) is 5. The van der Waals surface area contributed by atoms with Gasteiger partial charge in [0, 0.05) is 20.6 Å². The highest BCUT2D eigenvalue weighted by Gasteiger charge is 2.16. The Labute approximate surface area is 159 Å². The van der Waals surface area contributed by atoms with Crippen LogP contribution in [0.25, 0.3) is 0 Å². The van der Waals surface area contributed by atoms with Crippen LogP contribution in [-0.4, -0.2) is 70.8 Å². The summed E-state index contributed by atoms with van der Waals surface area (Å²) in [4.78, 5) is 37.3. The molecular weight excluding hydrogens is 352 g/mol. The molecule has 0 aliphatic heterocycles. The third kappa shape index (κ3) is 9.02. The van der Waals surface area contributed by atoms with E-state index in [1.165, 1.54) is 35.5 Å². The molecule has 3 N–H and O–H groups in total. The van der Waals surface area contributed by atoms with E-state index >= 15 is 0 Å². The summed E-state index contributed by atoms with van der Waals surface area (Å²) in [7, 11) is 3.11. The number of aliphatic carboxylic acids is 2. The van der Waals surface area contributed by atoms with Crippen LogP contribution in [0.3, 0.4) is 0 Å². The number of nitrogens with one attached hydrogen (secondary N) is 1. The first-order valence-electron chi connectivity index (χ1n) is 9.19. The van der Waals surface area contributed by atoms with Crippen molar-refractivity contribution in [1.29, 1.82) is 0 Å². The van der Waals surface area contributed by atoms with E-state index in [9.17, 15) is 9.59 Å². The van der Waals surface area contributed by atoms with E-state index in [1.807, 2.05) is 0 Å². The molecule has 0 saturated heterocycles. The fourth-order valence-electron chi connectivity index (χ4n) is 2.43. The average molecular weight is 382 g/mol. The maximum atomic E-state index is 10.9. The molecule has 1 heterocycles. The fourth-order valence-corrected chi connectivity index (χ4v) is 2.43. The van der Waals surface area contributed by atoms with Gasteiger partial charge in [-0.05, 0) is 6.42 Å². The second-order valence-electron chi connectivity index (χ2n) is 6.45. The van der Waals surface area contributed by atoms with Crippen molar-refractivity contribution in [3.05, 3.63) is 0 Å². The number of hydrogen-bond donors (Lipinski definition) is 3. The summed E-state index contributed by atoms with van der Waals surface area (Å²) in [5.41, 5.74) is 0. The number of carboxylic acids is 2. The minimum Gasteiger partial charge on any atom is -0.480 e. The van der Waals surface area contributed by atoms with E-state index in [0.29, 0.717) is 12.5 Å². The monoisotopic (exact) mass is 382 g/mol. The number of anilines is 3. The van der Waals surface area contributed by atoms with Crippen molar-refractivity contribution in [3.8, 4) is 0 Å². The van der Waals surface area contributed by atoms with Crippen molar-refractivity contribution in [2.24, 2.45) is 0 Å². The van der Waals surface area contributed by atoms with E-state index in [2.05, 4.69) is 27.2 Å². The minimum absolute atomic E-state index is 0.171. The van der Waals surface area contributed by atoms with Crippen LogP contribution in [0.5, 0.6) is 0 Å². The van der Waals surface area contributed by atoms with Gasteiger partial charge >= 0.3 is 11.9 Å². The molecule has 152 valence electrons. The van der Waals surface area contributed by atoms with Crippen molar-refractivity contribution in [2.45, 2.75) is 45.4 Å². The minimum atomic E-state index is -1.01. The van der Waals surface area contributed by atoms with Gasteiger partial charge in [0.1, 0.15) is 13.1 Å². The van der Waals surface area contributed by atoms with Crippen LogP contribution in [0.2, 0.25) is 0 Å². The van der Waals surface area contributed by atoms with Gasteiger partial charge in [0.05, 0.1) is 0 Å². The largest absolute Gasteiger partial charge is 0.480 e. The molecular formula is C17H30N6O4. The van der Waals surface area contributed by atoms with Gasteiger partial charge < -0.3 is 25.3 Å². The van der Waals surface area contributed by atoms with Crippen molar-refractivity contribution in [3.63, 3.8) is 0 Å². The highest BCUT2D eigenvalue weighted by molar-refractivity contribution is 5.73. The Morgan fingerprint density at radius 3 is 1.81 bits per heavy atom. The molecule has 0 bridgehead atoms. The summed E-state index contributed by atoms with van der Waals surface area (Å²) in [6.45, 7) is 2.31.